The second-order valence-corrected chi connectivity index (χ2v) is 5.76. The number of carbonyl (C=O) groups excluding carboxylic acids is 1. The first-order chi connectivity index (χ1) is 9.49. The van der Waals surface area contributed by atoms with E-state index in [1.807, 2.05) is 0 Å². The third kappa shape index (κ3) is 2.12. The Bertz CT molecular complexity index is 586. The van der Waals surface area contributed by atoms with Crippen molar-refractivity contribution in [2.75, 3.05) is 16.3 Å². The van der Waals surface area contributed by atoms with Crippen molar-refractivity contribution in [3.8, 4) is 0 Å². The first kappa shape index (κ1) is 13.2. The van der Waals surface area contributed by atoms with E-state index < -0.39 is 6.09 Å². The molecule has 1 aromatic carbocycles. The van der Waals surface area contributed by atoms with E-state index in [4.69, 9.17) is 11.6 Å². The first-order valence-corrected chi connectivity index (χ1v) is 6.96. The molecule has 106 valence electrons. The fourth-order valence-electron chi connectivity index (χ4n) is 2.89. The predicted octanol–water partition coefficient (Wildman–Crippen LogP) is 2.97. The molecule has 1 aliphatic carbocycles. The highest BCUT2D eigenvalue weighted by Gasteiger charge is 2.43. The number of hydrogen-bond acceptors (Lipinski definition) is 2. The first-order valence-electron chi connectivity index (χ1n) is 6.59. The third-order valence-electron chi connectivity index (χ3n) is 3.93. The molecule has 1 saturated carbocycles. The highest BCUT2D eigenvalue weighted by Crippen LogP contribution is 2.44. The molecule has 0 bridgehead atoms. The van der Waals surface area contributed by atoms with Gasteiger partial charge in [-0.1, -0.05) is 11.6 Å². The van der Waals surface area contributed by atoms with Gasteiger partial charge < -0.3 is 10.0 Å². The number of nitrogens with zero attached hydrogens (tertiary/aromatic N) is 2. The summed E-state index contributed by atoms with van der Waals surface area (Å²) in [5.74, 6) is 0.333. The van der Waals surface area contributed by atoms with Crippen molar-refractivity contribution in [2.45, 2.75) is 25.8 Å². The van der Waals surface area contributed by atoms with E-state index in [9.17, 15) is 14.7 Å². The van der Waals surface area contributed by atoms with Crippen LogP contribution >= 0.6 is 11.6 Å². The maximum atomic E-state index is 12.0. The van der Waals surface area contributed by atoms with E-state index in [1.165, 1.54) is 11.8 Å². The van der Waals surface area contributed by atoms with Gasteiger partial charge in [-0.15, -0.1) is 0 Å². The van der Waals surface area contributed by atoms with Gasteiger partial charge in [0.2, 0.25) is 5.91 Å². The Labute approximate surface area is 121 Å². The van der Waals surface area contributed by atoms with E-state index in [0.29, 0.717) is 28.9 Å². The molecule has 0 aromatic heterocycles. The zero-order valence-corrected chi connectivity index (χ0v) is 11.8. The molecule has 1 atom stereocenters. The molecule has 2 amide bonds. The minimum absolute atomic E-state index is 0.0597. The number of rotatable bonds is 1. The zero-order valence-electron chi connectivity index (χ0n) is 11.0. The molecule has 1 heterocycles. The molecule has 20 heavy (non-hydrogen) atoms. The van der Waals surface area contributed by atoms with Crippen molar-refractivity contribution in [3.63, 3.8) is 0 Å². The molecule has 0 spiro atoms. The maximum absolute atomic E-state index is 12.0. The van der Waals surface area contributed by atoms with Crippen LogP contribution in [0, 0.1) is 5.92 Å². The largest absolute Gasteiger partial charge is 0.465 e. The van der Waals surface area contributed by atoms with Gasteiger partial charge in [-0.05, 0) is 37.0 Å². The van der Waals surface area contributed by atoms with E-state index in [1.54, 1.807) is 23.1 Å². The summed E-state index contributed by atoms with van der Waals surface area (Å²) in [5.41, 5.74) is 1.12. The molecule has 1 aromatic rings. The van der Waals surface area contributed by atoms with Crippen molar-refractivity contribution >= 4 is 35.0 Å². The van der Waals surface area contributed by atoms with Gasteiger partial charge in [0.1, 0.15) is 0 Å². The molecule has 2 aliphatic rings. The van der Waals surface area contributed by atoms with Gasteiger partial charge in [-0.3, -0.25) is 9.69 Å². The Balaban J connectivity index is 2.12. The summed E-state index contributed by atoms with van der Waals surface area (Å²) in [7, 11) is 0. The summed E-state index contributed by atoms with van der Waals surface area (Å²) < 4.78 is 0. The number of carbonyl (C=O) groups is 2. The SMILES string of the molecule is CC(=O)N1c2ccc(Cl)cc2N(C(=O)O)C[C@@H]1C1CC1. The topological polar surface area (TPSA) is 60.9 Å². The molecule has 1 N–H and O–H groups in total. The summed E-state index contributed by atoms with van der Waals surface area (Å²) in [5, 5.41) is 9.86. The molecular weight excluding hydrogens is 280 g/mol. The minimum Gasteiger partial charge on any atom is -0.465 e. The Hall–Kier alpha value is -1.75. The summed E-state index contributed by atoms with van der Waals surface area (Å²) in [6.07, 6.45) is 1.08. The molecule has 0 radical (unpaired) electrons. The average Bonchev–Trinajstić information content (AvgIpc) is 3.20. The molecular formula is C14H15ClN2O3. The Morgan fingerprint density at radius 3 is 2.55 bits per heavy atom. The number of benzene rings is 1. The van der Waals surface area contributed by atoms with Crippen molar-refractivity contribution in [1.82, 2.24) is 0 Å². The monoisotopic (exact) mass is 294 g/mol. The normalized spacial score (nSPS) is 21.6. The van der Waals surface area contributed by atoms with Gasteiger partial charge in [0.05, 0.1) is 24.0 Å². The highest BCUT2D eigenvalue weighted by atomic mass is 35.5. The van der Waals surface area contributed by atoms with Crippen LogP contribution in [0.1, 0.15) is 19.8 Å². The van der Waals surface area contributed by atoms with E-state index >= 15 is 0 Å². The number of carboxylic acid groups (broad SMARTS) is 1. The number of halogens is 1. The maximum Gasteiger partial charge on any atom is 0.411 e. The standard InChI is InChI=1S/C14H15ClN2O3/c1-8(18)17-11-5-4-10(15)6-12(11)16(14(19)20)7-13(17)9-2-3-9/h4-6,9,13H,2-3,7H2,1H3,(H,19,20)/t13-/m1/s1. The van der Waals surface area contributed by atoms with Crippen LogP contribution in [-0.2, 0) is 4.79 Å². The molecule has 0 unspecified atom stereocenters. The fourth-order valence-corrected chi connectivity index (χ4v) is 3.05. The average molecular weight is 295 g/mol. The van der Waals surface area contributed by atoms with E-state index in [0.717, 1.165) is 12.8 Å². The lowest BCUT2D eigenvalue weighted by Crippen LogP contribution is -2.53. The molecule has 1 aliphatic heterocycles. The Morgan fingerprint density at radius 2 is 2.00 bits per heavy atom. The molecule has 3 rings (SSSR count). The smallest absolute Gasteiger partial charge is 0.411 e. The lowest BCUT2D eigenvalue weighted by atomic mass is 10.0. The summed E-state index contributed by atoms with van der Waals surface area (Å²) in [6.45, 7) is 1.83. The van der Waals surface area contributed by atoms with Crippen LogP contribution in [0.25, 0.3) is 0 Å². The second kappa shape index (κ2) is 4.66. The van der Waals surface area contributed by atoms with Gasteiger partial charge in [0.25, 0.3) is 0 Å². The van der Waals surface area contributed by atoms with Crippen LogP contribution in [-0.4, -0.2) is 29.7 Å². The molecule has 0 saturated heterocycles. The lowest BCUT2D eigenvalue weighted by Gasteiger charge is -2.41. The molecule has 1 fully saturated rings. The number of anilines is 2. The van der Waals surface area contributed by atoms with Crippen LogP contribution in [0.2, 0.25) is 5.02 Å². The van der Waals surface area contributed by atoms with Gasteiger partial charge in [0.15, 0.2) is 0 Å². The second-order valence-electron chi connectivity index (χ2n) is 5.32. The van der Waals surface area contributed by atoms with Gasteiger partial charge >= 0.3 is 6.09 Å². The number of hydrogen-bond donors (Lipinski definition) is 1. The predicted molar refractivity (Wildman–Crippen MR) is 76.5 cm³/mol. The Morgan fingerprint density at radius 1 is 1.30 bits per heavy atom. The van der Waals surface area contributed by atoms with Crippen LogP contribution in [0.15, 0.2) is 18.2 Å². The van der Waals surface area contributed by atoms with Gasteiger partial charge in [-0.25, -0.2) is 4.79 Å². The Kier molecular flexibility index (Phi) is 3.09. The zero-order chi connectivity index (χ0) is 14.4. The highest BCUT2D eigenvalue weighted by molar-refractivity contribution is 6.31. The number of amides is 2. The van der Waals surface area contributed by atoms with Crippen LogP contribution < -0.4 is 9.80 Å². The fraction of sp³-hybridized carbons (Fsp3) is 0.429. The van der Waals surface area contributed by atoms with Crippen LogP contribution in [0.5, 0.6) is 0 Å². The summed E-state index contributed by atoms with van der Waals surface area (Å²) in [6, 6.07) is 4.94. The third-order valence-corrected chi connectivity index (χ3v) is 4.16. The van der Waals surface area contributed by atoms with Crippen LogP contribution in [0.4, 0.5) is 16.2 Å². The molecule has 6 heteroatoms. The van der Waals surface area contributed by atoms with Crippen molar-refractivity contribution in [1.29, 1.82) is 0 Å². The van der Waals surface area contributed by atoms with E-state index in [-0.39, 0.29) is 11.9 Å². The summed E-state index contributed by atoms with van der Waals surface area (Å²) in [4.78, 5) is 26.5. The lowest BCUT2D eigenvalue weighted by molar-refractivity contribution is -0.117. The van der Waals surface area contributed by atoms with Crippen molar-refractivity contribution in [3.05, 3.63) is 23.2 Å². The van der Waals surface area contributed by atoms with Crippen LogP contribution in [0.3, 0.4) is 0 Å². The van der Waals surface area contributed by atoms with Crippen molar-refractivity contribution < 1.29 is 14.7 Å². The summed E-state index contributed by atoms with van der Waals surface area (Å²) >= 11 is 5.96. The number of fused-ring (bicyclic) bond motifs is 1. The van der Waals surface area contributed by atoms with Crippen molar-refractivity contribution in [2.24, 2.45) is 5.92 Å². The molecule has 5 nitrogen and oxygen atoms in total. The van der Waals surface area contributed by atoms with Gasteiger partial charge in [-0.2, -0.15) is 0 Å². The van der Waals surface area contributed by atoms with E-state index in [2.05, 4.69) is 0 Å². The van der Waals surface area contributed by atoms with Gasteiger partial charge in [0, 0.05) is 11.9 Å². The quantitative estimate of drug-likeness (QED) is 0.866. The minimum atomic E-state index is -1.01.